The van der Waals surface area contributed by atoms with E-state index >= 15 is 0 Å². The van der Waals surface area contributed by atoms with E-state index in [2.05, 4.69) is 18.4 Å². The van der Waals surface area contributed by atoms with E-state index in [0.717, 1.165) is 0 Å². The first-order valence-corrected chi connectivity index (χ1v) is 2.81. The second-order valence-electron chi connectivity index (χ2n) is 1.83. The number of carbonyl (C=O) groups excluding carboxylic acids is 1. The summed E-state index contributed by atoms with van der Waals surface area (Å²) in [7, 11) is 0. The first-order valence-electron chi connectivity index (χ1n) is 2.81. The Balaban J connectivity index is 3.90. The molecule has 0 bridgehead atoms. The lowest BCUT2D eigenvalue weighted by atomic mass is 10.1. The molecule has 0 aliphatic rings. The van der Waals surface area contributed by atoms with E-state index in [9.17, 15) is 4.79 Å². The fourth-order valence-corrected chi connectivity index (χ4v) is 0.286. The summed E-state index contributed by atoms with van der Waals surface area (Å²) in [5.41, 5.74) is 0. The highest BCUT2D eigenvalue weighted by Crippen LogP contribution is 1.91. The predicted molar refractivity (Wildman–Crippen MR) is 37.8 cm³/mol. The SMILES string of the molecule is C=CC#CC(C)C(C)=O. The Labute approximate surface area is 55.8 Å². The zero-order valence-electron chi connectivity index (χ0n) is 5.77. The number of carbonyl (C=O) groups is 1. The van der Waals surface area contributed by atoms with Crippen LogP contribution in [0.4, 0.5) is 0 Å². The molecule has 0 saturated heterocycles. The van der Waals surface area contributed by atoms with Crippen molar-refractivity contribution in [3.05, 3.63) is 12.7 Å². The summed E-state index contributed by atoms with van der Waals surface area (Å²) in [5.74, 6) is 5.29. The summed E-state index contributed by atoms with van der Waals surface area (Å²) in [6.07, 6.45) is 1.49. The molecule has 1 nitrogen and oxygen atoms in total. The van der Waals surface area contributed by atoms with Crippen molar-refractivity contribution in [2.45, 2.75) is 13.8 Å². The minimum Gasteiger partial charge on any atom is -0.299 e. The molecule has 0 fully saturated rings. The number of hydrogen-bond acceptors (Lipinski definition) is 1. The van der Waals surface area contributed by atoms with E-state index in [1.165, 1.54) is 13.0 Å². The van der Waals surface area contributed by atoms with Gasteiger partial charge in [-0.2, -0.15) is 0 Å². The highest BCUT2D eigenvalue weighted by molar-refractivity contribution is 5.80. The lowest BCUT2D eigenvalue weighted by molar-refractivity contribution is -0.118. The second-order valence-corrected chi connectivity index (χ2v) is 1.83. The molecule has 0 saturated carbocycles. The van der Waals surface area contributed by atoms with Crippen LogP contribution in [-0.2, 0) is 4.79 Å². The van der Waals surface area contributed by atoms with Crippen LogP contribution in [-0.4, -0.2) is 5.78 Å². The van der Waals surface area contributed by atoms with Crippen molar-refractivity contribution in [3.8, 4) is 11.8 Å². The highest BCUT2D eigenvalue weighted by atomic mass is 16.1. The number of hydrogen-bond donors (Lipinski definition) is 0. The normalized spacial score (nSPS) is 10.9. The molecule has 1 unspecified atom stereocenters. The maximum Gasteiger partial charge on any atom is 0.144 e. The smallest absolute Gasteiger partial charge is 0.144 e. The van der Waals surface area contributed by atoms with E-state index < -0.39 is 0 Å². The van der Waals surface area contributed by atoms with Gasteiger partial charge in [0.25, 0.3) is 0 Å². The average Bonchev–Trinajstić information content (AvgIpc) is 1.82. The van der Waals surface area contributed by atoms with Gasteiger partial charge in [0, 0.05) is 0 Å². The van der Waals surface area contributed by atoms with E-state index in [4.69, 9.17) is 0 Å². The Kier molecular flexibility index (Phi) is 3.46. The molecule has 0 aromatic heterocycles. The second kappa shape index (κ2) is 3.91. The Bertz CT molecular complexity index is 169. The third-order valence-electron chi connectivity index (χ3n) is 1.01. The summed E-state index contributed by atoms with van der Waals surface area (Å²) < 4.78 is 0. The van der Waals surface area contributed by atoms with Crippen LogP contribution in [0, 0.1) is 17.8 Å². The largest absolute Gasteiger partial charge is 0.299 e. The van der Waals surface area contributed by atoms with Gasteiger partial charge in [-0.05, 0) is 19.9 Å². The molecule has 0 aromatic rings. The number of rotatable bonds is 1. The molecule has 48 valence electrons. The van der Waals surface area contributed by atoms with Crippen LogP contribution >= 0.6 is 0 Å². The maximum atomic E-state index is 10.5. The summed E-state index contributed by atoms with van der Waals surface area (Å²) in [4.78, 5) is 10.5. The van der Waals surface area contributed by atoms with Gasteiger partial charge < -0.3 is 0 Å². The van der Waals surface area contributed by atoms with Gasteiger partial charge in [0.05, 0.1) is 5.92 Å². The van der Waals surface area contributed by atoms with Crippen molar-refractivity contribution >= 4 is 5.78 Å². The third-order valence-corrected chi connectivity index (χ3v) is 1.01. The van der Waals surface area contributed by atoms with Gasteiger partial charge in [0.2, 0.25) is 0 Å². The summed E-state index contributed by atoms with van der Waals surface area (Å²) in [5, 5.41) is 0. The first kappa shape index (κ1) is 7.97. The molecule has 0 aliphatic heterocycles. The number of Topliss-reactive ketones (excluding diaryl/α,β-unsaturated/α-hetero) is 1. The van der Waals surface area contributed by atoms with Crippen LogP contribution in [0.2, 0.25) is 0 Å². The zero-order chi connectivity index (χ0) is 7.28. The lowest BCUT2D eigenvalue weighted by Crippen LogP contribution is -2.01. The van der Waals surface area contributed by atoms with Crippen molar-refractivity contribution in [2.75, 3.05) is 0 Å². The molecule has 1 heteroatoms. The molecule has 1 atom stereocenters. The Morgan fingerprint density at radius 1 is 1.78 bits per heavy atom. The first-order chi connectivity index (χ1) is 4.18. The minimum absolute atomic E-state index is 0.101. The topological polar surface area (TPSA) is 17.1 Å². The van der Waals surface area contributed by atoms with Gasteiger partial charge >= 0.3 is 0 Å². The Hall–Kier alpha value is -1.03. The lowest BCUT2D eigenvalue weighted by Gasteiger charge is -1.91. The zero-order valence-corrected chi connectivity index (χ0v) is 5.77. The van der Waals surface area contributed by atoms with Crippen LogP contribution in [0.1, 0.15) is 13.8 Å². The molecule has 0 rings (SSSR count). The molecule has 0 aliphatic carbocycles. The molecular formula is C8H10O. The number of allylic oxidation sites excluding steroid dienone is 1. The molecule has 0 heterocycles. The van der Waals surface area contributed by atoms with Crippen molar-refractivity contribution in [1.82, 2.24) is 0 Å². The van der Waals surface area contributed by atoms with Gasteiger partial charge in [0.1, 0.15) is 5.78 Å². The number of ketones is 1. The van der Waals surface area contributed by atoms with Crippen molar-refractivity contribution in [3.63, 3.8) is 0 Å². The van der Waals surface area contributed by atoms with Crippen LogP contribution in [0.3, 0.4) is 0 Å². The summed E-state index contributed by atoms with van der Waals surface area (Å²) in [6, 6.07) is 0. The summed E-state index contributed by atoms with van der Waals surface area (Å²) >= 11 is 0. The average molecular weight is 122 g/mol. The van der Waals surface area contributed by atoms with E-state index in [-0.39, 0.29) is 11.7 Å². The summed E-state index contributed by atoms with van der Waals surface area (Å²) in [6.45, 7) is 6.71. The van der Waals surface area contributed by atoms with Crippen LogP contribution in [0.25, 0.3) is 0 Å². The van der Waals surface area contributed by atoms with Gasteiger partial charge in [-0.3, -0.25) is 4.79 Å². The standard InChI is InChI=1S/C8H10O/c1-4-5-6-7(2)8(3)9/h4,7H,1H2,2-3H3. The van der Waals surface area contributed by atoms with Crippen molar-refractivity contribution in [1.29, 1.82) is 0 Å². The van der Waals surface area contributed by atoms with Crippen LogP contribution < -0.4 is 0 Å². The Morgan fingerprint density at radius 3 is 2.67 bits per heavy atom. The van der Waals surface area contributed by atoms with Crippen LogP contribution in [0.5, 0.6) is 0 Å². The third kappa shape index (κ3) is 3.54. The van der Waals surface area contributed by atoms with Gasteiger partial charge in [-0.15, -0.1) is 0 Å². The quantitative estimate of drug-likeness (QED) is 0.480. The molecule has 0 radical (unpaired) electrons. The van der Waals surface area contributed by atoms with E-state index in [1.807, 2.05) is 0 Å². The molecular weight excluding hydrogens is 112 g/mol. The van der Waals surface area contributed by atoms with E-state index in [1.54, 1.807) is 6.92 Å². The predicted octanol–water partition coefficient (Wildman–Crippen LogP) is 1.40. The monoisotopic (exact) mass is 122 g/mol. The molecule has 0 amide bonds. The van der Waals surface area contributed by atoms with Gasteiger partial charge in [0.15, 0.2) is 0 Å². The Morgan fingerprint density at radius 2 is 2.33 bits per heavy atom. The minimum atomic E-state index is -0.150. The molecule has 0 spiro atoms. The molecule has 0 N–H and O–H groups in total. The highest BCUT2D eigenvalue weighted by Gasteiger charge is 1.99. The maximum absolute atomic E-state index is 10.5. The van der Waals surface area contributed by atoms with E-state index in [0.29, 0.717) is 0 Å². The molecule has 0 aromatic carbocycles. The van der Waals surface area contributed by atoms with Gasteiger partial charge in [-0.25, -0.2) is 0 Å². The molecule has 9 heavy (non-hydrogen) atoms. The van der Waals surface area contributed by atoms with Crippen molar-refractivity contribution in [2.24, 2.45) is 5.92 Å². The fourth-order valence-electron chi connectivity index (χ4n) is 0.286. The van der Waals surface area contributed by atoms with Gasteiger partial charge in [-0.1, -0.05) is 18.4 Å². The van der Waals surface area contributed by atoms with Crippen molar-refractivity contribution < 1.29 is 4.79 Å². The fraction of sp³-hybridized carbons (Fsp3) is 0.375. The van der Waals surface area contributed by atoms with Crippen LogP contribution in [0.15, 0.2) is 12.7 Å².